The van der Waals surface area contributed by atoms with E-state index in [0.717, 1.165) is 0 Å². The Morgan fingerprint density at radius 2 is 1.93 bits per heavy atom. The summed E-state index contributed by atoms with van der Waals surface area (Å²) in [7, 11) is 0. The number of ether oxygens (including phenoxy) is 2. The molecule has 0 fully saturated rings. The molecule has 0 spiro atoms. The molecule has 1 heterocycles. The Bertz CT molecular complexity index is 1180. The van der Waals surface area contributed by atoms with Crippen molar-refractivity contribution >= 4 is 34.3 Å². The van der Waals surface area contributed by atoms with Crippen molar-refractivity contribution in [3.8, 4) is 5.75 Å². The van der Waals surface area contributed by atoms with Gasteiger partial charge in [-0.25, -0.2) is 4.79 Å². The monoisotopic (exact) mass is 410 g/mol. The molecule has 8 nitrogen and oxygen atoms in total. The largest absolute Gasteiger partial charge is 0.479 e. The van der Waals surface area contributed by atoms with Crippen LogP contribution in [0.4, 0.5) is 0 Å². The predicted octanol–water partition coefficient (Wildman–Crippen LogP) is 2.41. The molecule has 0 bridgehead atoms. The van der Waals surface area contributed by atoms with E-state index in [4.69, 9.17) is 9.47 Å². The number of hydrogen-bond acceptors (Lipinski definition) is 7. The van der Waals surface area contributed by atoms with Crippen molar-refractivity contribution in [1.29, 1.82) is 0 Å². The summed E-state index contributed by atoms with van der Waals surface area (Å²) in [4.78, 5) is 50.2. The van der Waals surface area contributed by atoms with E-state index >= 15 is 0 Å². The first kappa shape index (κ1) is 19.9. The van der Waals surface area contributed by atoms with E-state index in [1.54, 1.807) is 31.2 Å². The van der Waals surface area contributed by atoms with Crippen LogP contribution in [0.3, 0.4) is 0 Å². The molecule has 0 radical (unpaired) electrons. The molecule has 2 aromatic carbocycles. The second kappa shape index (κ2) is 6.86. The van der Waals surface area contributed by atoms with Gasteiger partial charge in [0.25, 0.3) is 0 Å². The fraction of sp³-hybridized carbons (Fsp3) is 0.273. The van der Waals surface area contributed by atoms with Gasteiger partial charge in [0.1, 0.15) is 0 Å². The van der Waals surface area contributed by atoms with Gasteiger partial charge in [0.15, 0.2) is 29.2 Å². The Kier molecular flexibility index (Phi) is 4.56. The number of aliphatic hydroxyl groups is 1. The van der Waals surface area contributed by atoms with Crippen LogP contribution >= 0.6 is 0 Å². The Morgan fingerprint density at radius 1 is 1.23 bits per heavy atom. The van der Waals surface area contributed by atoms with Crippen molar-refractivity contribution < 1.29 is 38.9 Å². The molecule has 2 aromatic rings. The zero-order chi connectivity index (χ0) is 21.8. The van der Waals surface area contributed by atoms with Gasteiger partial charge >= 0.3 is 11.9 Å². The molecule has 0 aromatic heterocycles. The number of ketones is 2. The molecule has 0 saturated carbocycles. The lowest BCUT2D eigenvalue weighted by molar-refractivity contribution is -0.201. The Hall–Kier alpha value is -3.36. The Labute approximate surface area is 170 Å². The maximum absolute atomic E-state index is 13.3. The van der Waals surface area contributed by atoms with Gasteiger partial charge < -0.3 is 19.7 Å². The number of Topliss-reactive ketones (excluding diaryl/α,β-unsaturated/α-hetero) is 2. The first-order valence-corrected chi connectivity index (χ1v) is 9.36. The topological polar surface area (TPSA) is 127 Å². The van der Waals surface area contributed by atoms with Gasteiger partial charge in [-0.15, -0.1) is 0 Å². The smallest absolute Gasteiger partial charge is 0.336 e. The van der Waals surface area contributed by atoms with Crippen LogP contribution in [-0.2, 0) is 14.3 Å². The van der Waals surface area contributed by atoms with Gasteiger partial charge in [-0.2, -0.15) is 0 Å². The maximum Gasteiger partial charge on any atom is 0.336 e. The molecule has 0 unspecified atom stereocenters. The second-order valence-corrected chi connectivity index (χ2v) is 7.29. The van der Waals surface area contributed by atoms with Gasteiger partial charge in [0, 0.05) is 29.9 Å². The standard InChI is InChI=1S/C22H18O8/c1-3-22(21(27)28)9-14-16(20(26)30-22)18(25)15-13(17(14)24)8-11-6-4-5-7-12(11)19(15)29-10(2)23/h4-8,20,26H,3,9H2,1-2H3,(H,27,28)/t20-,22-/m1/s1. The van der Waals surface area contributed by atoms with Gasteiger partial charge in [-0.1, -0.05) is 31.2 Å². The summed E-state index contributed by atoms with van der Waals surface area (Å²) in [5.74, 6) is -3.41. The van der Waals surface area contributed by atoms with Gasteiger partial charge in [0.2, 0.25) is 0 Å². The first-order chi connectivity index (χ1) is 14.2. The normalized spacial score (nSPS) is 23.2. The number of carbonyl (C=O) groups is 4. The molecular weight excluding hydrogens is 392 g/mol. The van der Waals surface area contributed by atoms with Crippen LogP contribution in [0, 0.1) is 0 Å². The molecule has 8 heteroatoms. The fourth-order valence-electron chi connectivity index (χ4n) is 4.05. The number of carboxylic acids is 1. The van der Waals surface area contributed by atoms with Crippen LogP contribution in [0.5, 0.6) is 5.75 Å². The van der Waals surface area contributed by atoms with Crippen molar-refractivity contribution in [1.82, 2.24) is 0 Å². The van der Waals surface area contributed by atoms with Crippen LogP contribution in [0.25, 0.3) is 10.8 Å². The summed E-state index contributed by atoms with van der Waals surface area (Å²) >= 11 is 0. The van der Waals surface area contributed by atoms with Crippen LogP contribution < -0.4 is 4.74 Å². The molecule has 0 saturated heterocycles. The molecule has 4 rings (SSSR count). The molecule has 154 valence electrons. The number of rotatable bonds is 3. The summed E-state index contributed by atoms with van der Waals surface area (Å²) in [6.45, 7) is 2.73. The van der Waals surface area contributed by atoms with Crippen molar-refractivity contribution in [3.05, 3.63) is 52.6 Å². The molecule has 1 aliphatic carbocycles. The molecule has 2 N–H and O–H groups in total. The number of aliphatic carboxylic acids is 1. The van der Waals surface area contributed by atoms with E-state index in [0.29, 0.717) is 10.8 Å². The minimum Gasteiger partial charge on any atom is -0.479 e. The maximum atomic E-state index is 13.3. The van der Waals surface area contributed by atoms with Crippen LogP contribution in [0.2, 0.25) is 0 Å². The van der Waals surface area contributed by atoms with E-state index in [1.165, 1.54) is 13.0 Å². The molecular formula is C22H18O8. The Balaban J connectivity index is 1.99. The zero-order valence-electron chi connectivity index (χ0n) is 16.2. The van der Waals surface area contributed by atoms with Crippen LogP contribution in [0.1, 0.15) is 47.4 Å². The highest BCUT2D eigenvalue weighted by molar-refractivity contribution is 6.30. The second-order valence-electron chi connectivity index (χ2n) is 7.29. The number of esters is 1. The zero-order valence-corrected chi connectivity index (χ0v) is 16.2. The summed E-state index contributed by atoms with van der Waals surface area (Å²) in [6.07, 6.45) is -2.27. The van der Waals surface area contributed by atoms with Crippen molar-refractivity contribution in [2.24, 2.45) is 0 Å². The fourth-order valence-corrected chi connectivity index (χ4v) is 4.05. The highest BCUT2D eigenvalue weighted by Crippen LogP contribution is 2.45. The summed E-state index contributed by atoms with van der Waals surface area (Å²) in [5.41, 5.74) is -2.38. The van der Waals surface area contributed by atoms with Crippen molar-refractivity contribution in [3.63, 3.8) is 0 Å². The first-order valence-electron chi connectivity index (χ1n) is 9.36. The predicted molar refractivity (Wildman–Crippen MR) is 103 cm³/mol. The lowest BCUT2D eigenvalue weighted by atomic mass is 9.75. The highest BCUT2D eigenvalue weighted by Gasteiger charge is 2.51. The van der Waals surface area contributed by atoms with Crippen LogP contribution in [0.15, 0.2) is 41.5 Å². The summed E-state index contributed by atoms with van der Waals surface area (Å²) in [5, 5.41) is 21.1. The minimum atomic E-state index is -1.90. The average molecular weight is 410 g/mol. The molecule has 30 heavy (non-hydrogen) atoms. The van der Waals surface area contributed by atoms with Crippen molar-refractivity contribution in [2.75, 3.05) is 0 Å². The number of hydrogen-bond donors (Lipinski definition) is 2. The molecule has 2 aliphatic rings. The Morgan fingerprint density at radius 3 is 2.57 bits per heavy atom. The lowest BCUT2D eigenvalue weighted by Crippen LogP contribution is -2.50. The molecule has 2 atom stereocenters. The van der Waals surface area contributed by atoms with E-state index in [9.17, 15) is 29.4 Å². The number of carbonyl (C=O) groups excluding carboxylic acids is 3. The summed E-state index contributed by atoms with van der Waals surface area (Å²) < 4.78 is 10.6. The number of benzene rings is 2. The van der Waals surface area contributed by atoms with Crippen LogP contribution in [-0.4, -0.2) is 45.6 Å². The highest BCUT2D eigenvalue weighted by atomic mass is 16.6. The minimum absolute atomic E-state index is 0.00167. The van der Waals surface area contributed by atoms with Gasteiger partial charge in [-0.3, -0.25) is 14.4 Å². The third kappa shape index (κ3) is 2.76. The van der Waals surface area contributed by atoms with Crippen molar-refractivity contribution in [2.45, 2.75) is 38.6 Å². The van der Waals surface area contributed by atoms with E-state index in [-0.39, 0.29) is 40.9 Å². The number of aliphatic hydroxyl groups excluding tert-OH is 1. The quantitative estimate of drug-likeness (QED) is 0.583. The number of carboxylic acid groups (broad SMARTS) is 1. The molecule has 0 amide bonds. The summed E-state index contributed by atoms with van der Waals surface area (Å²) in [6, 6.07) is 8.30. The van der Waals surface area contributed by atoms with Gasteiger partial charge in [-0.05, 0) is 17.9 Å². The lowest BCUT2D eigenvalue weighted by Gasteiger charge is -2.39. The van der Waals surface area contributed by atoms with E-state index in [1.807, 2.05) is 0 Å². The molecule has 1 aliphatic heterocycles. The van der Waals surface area contributed by atoms with E-state index < -0.39 is 35.4 Å². The third-order valence-electron chi connectivity index (χ3n) is 5.57. The SMILES string of the molecule is CC[C@]1(C(=O)O)CC2=C(C(=O)c3c(cc4ccccc4c3OC(C)=O)C2=O)[C@H](O)O1. The van der Waals surface area contributed by atoms with Gasteiger partial charge in [0.05, 0.1) is 11.1 Å². The number of fused-ring (bicyclic) bond motifs is 2. The third-order valence-corrected chi connectivity index (χ3v) is 5.57. The van der Waals surface area contributed by atoms with E-state index in [2.05, 4.69) is 0 Å². The average Bonchev–Trinajstić information content (AvgIpc) is 2.70.